The second kappa shape index (κ2) is 9.24. The standard InChI is InChI=1S/C26H18F3N3O2/c27-26(28,29)22-6-2-5-21-24(19(13-30)15-32-25(21)22)18-3-1-4-20(12-18)31-14-17-9-7-16(8-10-17)11-23(33)34/h1-10,12,15,31H,11,14H2,(H,33,34). The highest BCUT2D eigenvalue weighted by Crippen LogP contribution is 2.38. The second-order valence-electron chi connectivity index (χ2n) is 7.68. The number of rotatable bonds is 6. The fourth-order valence-corrected chi connectivity index (χ4v) is 3.79. The number of carbonyl (C=O) groups is 1. The van der Waals surface area contributed by atoms with E-state index in [9.17, 15) is 23.2 Å². The first-order valence-corrected chi connectivity index (χ1v) is 10.3. The maximum Gasteiger partial charge on any atom is 0.418 e. The van der Waals surface area contributed by atoms with Crippen molar-refractivity contribution in [3.05, 3.63) is 95.2 Å². The van der Waals surface area contributed by atoms with Gasteiger partial charge in [-0.15, -0.1) is 0 Å². The molecule has 8 heteroatoms. The highest BCUT2D eigenvalue weighted by molar-refractivity contribution is 5.99. The van der Waals surface area contributed by atoms with Crippen molar-refractivity contribution < 1.29 is 23.1 Å². The van der Waals surface area contributed by atoms with Gasteiger partial charge in [-0.3, -0.25) is 9.78 Å². The summed E-state index contributed by atoms with van der Waals surface area (Å²) in [6, 6.07) is 20.1. The molecule has 0 atom stereocenters. The summed E-state index contributed by atoms with van der Waals surface area (Å²) in [7, 11) is 0. The summed E-state index contributed by atoms with van der Waals surface area (Å²) in [6.45, 7) is 0.456. The number of aromatic nitrogens is 1. The predicted molar refractivity (Wildman–Crippen MR) is 122 cm³/mol. The highest BCUT2D eigenvalue weighted by atomic mass is 19.4. The number of benzene rings is 3. The van der Waals surface area contributed by atoms with Gasteiger partial charge in [0.25, 0.3) is 0 Å². The van der Waals surface area contributed by atoms with Crippen LogP contribution in [0.15, 0.2) is 72.9 Å². The number of nitrogens with one attached hydrogen (secondary N) is 1. The SMILES string of the molecule is N#Cc1cnc2c(C(F)(F)F)cccc2c1-c1cccc(NCc2ccc(CC(=O)O)cc2)c1. The van der Waals surface area contributed by atoms with Crippen molar-refractivity contribution in [3.8, 4) is 17.2 Å². The van der Waals surface area contributed by atoms with Gasteiger partial charge in [-0.1, -0.05) is 48.5 Å². The Labute approximate surface area is 193 Å². The molecule has 0 aliphatic rings. The summed E-state index contributed by atoms with van der Waals surface area (Å²) in [5.74, 6) is -0.898. The first-order chi connectivity index (χ1) is 16.3. The van der Waals surface area contributed by atoms with Gasteiger partial charge in [-0.25, -0.2) is 0 Å². The average Bonchev–Trinajstić information content (AvgIpc) is 2.81. The Bertz CT molecular complexity index is 1410. The van der Waals surface area contributed by atoms with Crippen LogP contribution in [0.3, 0.4) is 0 Å². The van der Waals surface area contributed by atoms with E-state index in [1.54, 1.807) is 30.3 Å². The molecule has 170 valence electrons. The van der Waals surface area contributed by atoms with Crippen LogP contribution in [0.25, 0.3) is 22.0 Å². The third-order valence-corrected chi connectivity index (χ3v) is 5.35. The second-order valence-corrected chi connectivity index (χ2v) is 7.68. The Morgan fingerprint density at radius 1 is 1.03 bits per heavy atom. The maximum absolute atomic E-state index is 13.5. The Balaban J connectivity index is 1.67. The van der Waals surface area contributed by atoms with Crippen LogP contribution in [-0.2, 0) is 23.9 Å². The van der Waals surface area contributed by atoms with E-state index >= 15 is 0 Å². The Kier molecular flexibility index (Phi) is 6.19. The molecule has 34 heavy (non-hydrogen) atoms. The minimum atomic E-state index is -4.57. The fourth-order valence-electron chi connectivity index (χ4n) is 3.79. The van der Waals surface area contributed by atoms with Gasteiger partial charge in [0.1, 0.15) is 6.07 Å². The van der Waals surface area contributed by atoms with Gasteiger partial charge in [0.15, 0.2) is 0 Å². The number of carboxylic acids is 1. The molecule has 0 bridgehead atoms. The number of hydrogen-bond acceptors (Lipinski definition) is 4. The molecule has 0 unspecified atom stereocenters. The van der Waals surface area contributed by atoms with Crippen molar-refractivity contribution in [2.75, 3.05) is 5.32 Å². The van der Waals surface area contributed by atoms with E-state index in [1.165, 1.54) is 18.3 Å². The number of aliphatic carboxylic acids is 1. The molecule has 0 aliphatic carbocycles. The number of halogens is 3. The van der Waals surface area contributed by atoms with Crippen molar-refractivity contribution >= 4 is 22.6 Å². The highest BCUT2D eigenvalue weighted by Gasteiger charge is 2.33. The van der Waals surface area contributed by atoms with E-state index in [-0.39, 0.29) is 22.9 Å². The number of pyridine rings is 1. The van der Waals surface area contributed by atoms with Crippen molar-refractivity contribution in [1.82, 2.24) is 4.98 Å². The molecule has 0 saturated heterocycles. The average molecular weight is 461 g/mol. The monoisotopic (exact) mass is 461 g/mol. The zero-order valence-corrected chi connectivity index (χ0v) is 17.7. The van der Waals surface area contributed by atoms with E-state index in [1.807, 2.05) is 24.3 Å². The van der Waals surface area contributed by atoms with E-state index in [0.29, 0.717) is 28.9 Å². The summed E-state index contributed by atoms with van der Waals surface area (Å²) >= 11 is 0. The molecule has 4 aromatic rings. The summed E-state index contributed by atoms with van der Waals surface area (Å²) < 4.78 is 40.5. The van der Waals surface area contributed by atoms with Gasteiger partial charge in [0.2, 0.25) is 0 Å². The molecular weight excluding hydrogens is 443 g/mol. The Hall–Kier alpha value is -4.38. The van der Waals surface area contributed by atoms with Crippen molar-refractivity contribution in [2.45, 2.75) is 19.1 Å². The van der Waals surface area contributed by atoms with Gasteiger partial charge in [0, 0.05) is 29.4 Å². The number of para-hydroxylation sites is 1. The minimum absolute atomic E-state index is 0.0487. The molecular formula is C26H18F3N3O2. The lowest BCUT2D eigenvalue weighted by Gasteiger charge is -2.14. The van der Waals surface area contributed by atoms with Gasteiger partial charge in [-0.05, 0) is 34.9 Å². The first-order valence-electron chi connectivity index (χ1n) is 10.3. The molecule has 2 N–H and O–H groups in total. The number of carboxylic acid groups (broad SMARTS) is 1. The van der Waals surface area contributed by atoms with Crippen LogP contribution in [-0.4, -0.2) is 16.1 Å². The quantitative estimate of drug-likeness (QED) is 0.366. The molecule has 4 rings (SSSR count). The fraction of sp³-hybridized carbons (Fsp3) is 0.115. The molecule has 0 fully saturated rings. The summed E-state index contributed by atoms with van der Waals surface area (Å²) in [6.07, 6.45) is -3.44. The molecule has 3 aromatic carbocycles. The molecule has 0 spiro atoms. The predicted octanol–water partition coefficient (Wildman–Crippen LogP) is 6.03. The van der Waals surface area contributed by atoms with E-state index < -0.39 is 17.7 Å². The number of nitrogens with zero attached hydrogens (tertiary/aromatic N) is 2. The van der Waals surface area contributed by atoms with Crippen LogP contribution < -0.4 is 5.32 Å². The Morgan fingerprint density at radius 2 is 1.74 bits per heavy atom. The minimum Gasteiger partial charge on any atom is -0.481 e. The topological polar surface area (TPSA) is 86.0 Å². The van der Waals surface area contributed by atoms with Gasteiger partial charge in [-0.2, -0.15) is 18.4 Å². The lowest BCUT2D eigenvalue weighted by Crippen LogP contribution is -2.07. The van der Waals surface area contributed by atoms with Crippen LogP contribution in [0.1, 0.15) is 22.3 Å². The van der Waals surface area contributed by atoms with Crippen LogP contribution in [0, 0.1) is 11.3 Å². The number of hydrogen-bond donors (Lipinski definition) is 2. The van der Waals surface area contributed by atoms with Crippen LogP contribution in [0.2, 0.25) is 0 Å². The molecule has 1 aromatic heterocycles. The van der Waals surface area contributed by atoms with Crippen molar-refractivity contribution in [2.24, 2.45) is 0 Å². The third kappa shape index (κ3) is 4.84. The summed E-state index contributed by atoms with van der Waals surface area (Å²) in [5.41, 5.74) is 2.45. The van der Waals surface area contributed by atoms with E-state index in [4.69, 9.17) is 5.11 Å². The maximum atomic E-state index is 13.5. The molecule has 0 radical (unpaired) electrons. The van der Waals surface area contributed by atoms with Crippen molar-refractivity contribution in [1.29, 1.82) is 5.26 Å². The van der Waals surface area contributed by atoms with Crippen LogP contribution in [0.5, 0.6) is 0 Å². The van der Waals surface area contributed by atoms with E-state index in [2.05, 4.69) is 10.3 Å². The van der Waals surface area contributed by atoms with Gasteiger partial charge >= 0.3 is 12.1 Å². The zero-order chi connectivity index (χ0) is 24.3. The molecule has 0 aliphatic heterocycles. The lowest BCUT2D eigenvalue weighted by atomic mass is 9.95. The molecule has 0 amide bonds. The molecule has 0 saturated carbocycles. The zero-order valence-electron chi connectivity index (χ0n) is 17.7. The normalized spacial score (nSPS) is 11.2. The number of fused-ring (bicyclic) bond motifs is 1. The van der Waals surface area contributed by atoms with Crippen LogP contribution in [0.4, 0.5) is 18.9 Å². The third-order valence-electron chi connectivity index (χ3n) is 5.35. The lowest BCUT2D eigenvalue weighted by molar-refractivity contribution is -0.137. The van der Waals surface area contributed by atoms with Gasteiger partial charge in [0.05, 0.1) is 23.1 Å². The largest absolute Gasteiger partial charge is 0.481 e. The summed E-state index contributed by atoms with van der Waals surface area (Å²) in [5, 5.41) is 22.0. The van der Waals surface area contributed by atoms with Crippen LogP contribution >= 0.6 is 0 Å². The van der Waals surface area contributed by atoms with Gasteiger partial charge < -0.3 is 10.4 Å². The van der Waals surface area contributed by atoms with E-state index in [0.717, 1.165) is 11.6 Å². The number of anilines is 1. The number of alkyl halides is 3. The smallest absolute Gasteiger partial charge is 0.418 e. The summed E-state index contributed by atoms with van der Waals surface area (Å²) in [4.78, 5) is 14.7. The molecule has 1 heterocycles. The van der Waals surface area contributed by atoms with Crippen molar-refractivity contribution in [3.63, 3.8) is 0 Å². The first kappa shape index (κ1) is 22.8. The Morgan fingerprint density at radius 3 is 2.41 bits per heavy atom. The molecule has 5 nitrogen and oxygen atoms in total. The number of nitriles is 1.